The van der Waals surface area contributed by atoms with Crippen LogP contribution in [0.25, 0.3) is 92.7 Å². The van der Waals surface area contributed by atoms with E-state index in [2.05, 4.69) is 94.9 Å². The first-order valence-corrected chi connectivity index (χ1v) is 29.5. The fourth-order valence-electron chi connectivity index (χ4n) is 7.02. The molecular weight excluding hydrogens is 1090 g/mol. The van der Waals surface area contributed by atoms with E-state index in [0.29, 0.717) is 17.3 Å². The molecule has 0 aliphatic rings. The minimum Gasteiger partial charge on any atom is -0.784 e. The molecule has 0 atom stereocenters. The molecule has 0 aliphatic heterocycles. The molecular formula is C69H79N2Na2O8S2-. The van der Waals surface area contributed by atoms with Gasteiger partial charge < -0.3 is 22.5 Å². The molecule has 0 unspecified atom stereocenters. The van der Waals surface area contributed by atoms with Gasteiger partial charge in [0.05, 0.1) is 4.90 Å². The van der Waals surface area contributed by atoms with E-state index >= 15 is 0 Å². The Kier molecular flexibility index (Phi) is 43.1. The van der Waals surface area contributed by atoms with Gasteiger partial charge in [-0.15, -0.1) is 11.4 Å². The smallest absolute Gasteiger partial charge is 0.784 e. The zero-order chi connectivity index (χ0) is 59.3. The van der Waals surface area contributed by atoms with Crippen LogP contribution in [0.5, 0.6) is 0 Å². The molecule has 83 heavy (non-hydrogen) atoms. The largest absolute Gasteiger partial charge is 1.00 e. The van der Waals surface area contributed by atoms with E-state index in [1.165, 1.54) is 6.07 Å². The number of oxazole rings is 2. The van der Waals surface area contributed by atoms with Crippen molar-refractivity contribution in [2.75, 3.05) is 0 Å². The number of para-hydroxylation sites is 4. The topological polar surface area (TPSA) is 172 Å². The summed E-state index contributed by atoms with van der Waals surface area (Å²) in [6.45, 7) is 24.0. The average molecular weight is 1170 g/mol. The third-order valence-electron chi connectivity index (χ3n) is 10.4. The van der Waals surface area contributed by atoms with Crippen molar-refractivity contribution in [2.24, 2.45) is 0 Å². The molecule has 0 aliphatic carbocycles. The van der Waals surface area contributed by atoms with Crippen molar-refractivity contribution in [3.63, 3.8) is 0 Å². The third kappa shape index (κ3) is 27.0. The van der Waals surface area contributed by atoms with Gasteiger partial charge in [-0.2, -0.15) is 0 Å². The molecule has 428 valence electrons. The summed E-state index contributed by atoms with van der Waals surface area (Å²) in [6, 6.07) is 64.6. The molecule has 0 spiro atoms. The zero-order valence-corrected chi connectivity index (χ0v) is 55.6. The summed E-state index contributed by atoms with van der Waals surface area (Å²) in [6.07, 6.45) is 11.8. The standard InChI is InChI=1S/C28H18N2O2.C28H22O3S.6C2H6.CH4.2Na.H2O3S/c1-3-7-25-23(5-1)29-27(31-25)21-15-11-19(12-16-21)9-10-20-13-17-22(18-14-20)28-30-24-6-2-4-8-26(24)32-28;29-32(30,31)28-9-5-4-8-27(28)21-16-24-14-19-26(20-15-24)25-17-12-23(13-18-25)11-10-22-6-2-1-3-7-22;6*1-2;;;;1-4(2)3/h1-18H;1-21H,(H,29,30,31);6*1-2H3;1H4;;;(H2,1,2,3)/q;;;;;;;;;2*+1;/p-3/b10-9+;;;;;;;;;;;. The van der Waals surface area contributed by atoms with Crippen molar-refractivity contribution >= 4 is 80.1 Å². The van der Waals surface area contributed by atoms with Crippen LogP contribution in [0.1, 0.15) is 124 Å². The van der Waals surface area contributed by atoms with E-state index in [1.54, 1.807) is 30.4 Å². The monoisotopic (exact) mass is 1170 g/mol. The van der Waals surface area contributed by atoms with E-state index in [1.807, 2.05) is 198 Å². The van der Waals surface area contributed by atoms with Gasteiger partial charge in [0, 0.05) is 11.1 Å². The Bertz CT molecular complexity index is 3320. The molecule has 0 radical (unpaired) electrons. The maximum Gasteiger partial charge on any atom is 1.00 e. The Balaban J connectivity index is 0. The van der Waals surface area contributed by atoms with Gasteiger partial charge in [-0.1, -0.05) is 273 Å². The predicted octanol–water partition coefficient (Wildman–Crippen LogP) is 13.9. The Hall–Kier alpha value is -6.10. The second kappa shape index (κ2) is 45.3. The van der Waals surface area contributed by atoms with Crippen molar-refractivity contribution in [3.05, 3.63) is 234 Å². The average Bonchev–Trinajstić information content (AvgIpc) is 4.36. The van der Waals surface area contributed by atoms with E-state index in [0.717, 1.165) is 72.3 Å². The van der Waals surface area contributed by atoms with Crippen molar-refractivity contribution in [3.8, 4) is 34.0 Å². The Morgan fingerprint density at radius 2 is 0.639 bits per heavy atom. The quantitative estimate of drug-likeness (QED) is 0.0555. The molecule has 0 saturated heterocycles. The maximum absolute atomic E-state index is 11.4. The SMILES string of the molecule is C.C(=C\c1ccc(-c2nc3ccccc3o2)cc1)/c1ccc(-c2nc3ccccc3o2)cc1.CC.CC.CC.CC.CC.CC.O=S(=O)([O-])c1ccccc1C=Cc1ccc(-c2ccc(C=Cc3ccccc3)cc2)cc1.O=S([O-])[O-].[Na+].[Na+]. The van der Waals surface area contributed by atoms with Gasteiger partial charge in [0.15, 0.2) is 11.2 Å². The van der Waals surface area contributed by atoms with Gasteiger partial charge in [-0.25, -0.2) is 18.4 Å². The summed E-state index contributed by atoms with van der Waals surface area (Å²) in [5.41, 5.74) is 13.2. The molecule has 0 bridgehead atoms. The van der Waals surface area contributed by atoms with E-state index in [4.69, 9.17) is 22.1 Å². The zero-order valence-electron chi connectivity index (χ0n) is 50.0. The van der Waals surface area contributed by atoms with Crippen molar-refractivity contribution in [1.82, 2.24) is 9.97 Å². The van der Waals surface area contributed by atoms with Gasteiger partial charge in [-0.3, -0.25) is 4.21 Å². The van der Waals surface area contributed by atoms with Gasteiger partial charge in [-0.05, 0) is 99.1 Å². The summed E-state index contributed by atoms with van der Waals surface area (Å²) < 4.78 is 71.3. The molecule has 0 saturated carbocycles. The molecule has 14 heteroatoms. The summed E-state index contributed by atoms with van der Waals surface area (Å²) in [5, 5.41) is 0. The first-order valence-electron chi connectivity index (χ1n) is 27.1. The number of hydrogen-bond acceptors (Lipinski definition) is 10. The van der Waals surface area contributed by atoms with Gasteiger partial charge in [0.1, 0.15) is 21.2 Å². The minimum atomic E-state index is -4.51. The number of fused-ring (bicyclic) bond motifs is 2. The minimum absolute atomic E-state index is 0. The first kappa shape index (κ1) is 79.0. The molecule has 10 nitrogen and oxygen atoms in total. The van der Waals surface area contributed by atoms with Crippen molar-refractivity contribution < 1.29 is 94.2 Å². The summed E-state index contributed by atoms with van der Waals surface area (Å²) in [7, 11) is -4.51. The second-order valence-electron chi connectivity index (χ2n) is 15.1. The fraction of sp³-hybridized carbons (Fsp3) is 0.188. The van der Waals surface area contributed by atoms with Crippen molar-refractivity contribution in [2.45, 2.75) is 95.4 Å². The number of nitrogens with zero attached hydrogens (tertiary/aromatic N) is 2. The van der Waals surface area contributed by atoms with E-state index in [-0.39, 0.29) is 71.4 Å². The van der Waals surface area contributed by atoms with Crippen LogP contribution in [0.2, 0.25) is 0 Å². The Morgan fingerprint density at radius 1 is 0.373 bits per heavy atom. The Morgan fingerprint density at radius 3 is 0.964 bits per heavy atom. The second-order valence-corrected chi connectivity index (χ2v) is 16.8. The van der Waals surface area contributed by atoms with Gasteiger partial charge in [0.2, 0.25) is 11.8 Å². The van der Waals surface area contributed by atoms with E-state index in [9.17, 15) is 13.0 Å². The molecule has 2 aromatic heterocycles. The summed E-state index contributed by atoms with van der Waals surface area (Å²) >= 11 is -3.11. The molecule has 10 rings (SSSR count). The van der Waals surface area contributed by atoms with Crippen LogP contribution in [-0.2, 0) is 21.5 Å². The van der Waals surface area contributed by atoms with Crippen LogP contribution in [-0.4, -0.2) is 36.3 Å². The van der Waals surface area contributed by atoms with Gasteiger partial charge in [0.25, 0.3) is 0 Å². The third-order valence-corrected chi connectivity index (χ3v) is 11.3. The molecule has 0 fully saturated rings. The number of rotatable bonds is 10. The van der Waals surface area contributed by atoms with Crippen molar-refractivity contribution in [1.29, 1.82) is 0 Å². The van der Waals surface area contributed by atoms with Crippen LogP contribution in [0, 0.1) is 0 Å². The molecule has 10 aromatic rings. The Labute approximate surface area is 542 Å². The van der Waals surface area contributed by atoms with Crippen LogP contribution in [0.4, 0.5) is 0 Å². The molecule has 0 N–H and O–H groups in total. The predicted molar refractivity (Wildman–Crippen MR) is 343 cm³/mol. The molecule has 8 aromatic carbocycles. The number of hydrogen-bond donors (Lipinski definition) is 0. The van der Waals surface area contributed by atoms with Crippen LogP contribution >= 0.6 is 0 Å². The summed E-state index contributed by atoms with van der Waals surface area (Å²) in [5.74, 6) is 1.27. The van der Waals surface area contributed by atoms with Crippen LogP contribution in [0.15, 0.2) is 214 Å². The van der Waals surface area contributed by atoms with Gasteiger partial charge >= 0.3 is 59.1 Å². The van der Waals surface area contributed by atoms with Crippen LogP contribution < -0.4 is 59.1 Å². The normalized spacial score (nSPS) is 9.93. The number of benzene rings is 8. The number of aromatic nitrogens is 2. The van der Waals surface area contributed by atoms with Crippen LogP contribution in [0.3, 0.4) is 0 Å². The first-order chi connectivity index (χ1) is 39.0. The maximum atomic E-state index is 11.4. The summed E-state index contributed by atoms with van der Waals surface area (Å²) in [4.78, 5) is 8.90. The van der Waals surface area contributed by atoms with E-state index < -0.39 is 21.5 Å². The molecule has 0 amide bonds. The fourth-order valence-corrected chi connectivity index (χ4v) is 7.69. The molecule has 2 heterocycles.